The lowest BCUT2D eigenvalue weighted by Gasteiger charge is -2.11. The van der Waals surface area contributed by atoms with E-state index in [1.165, 1.54) is 44.9 Å². The third-order valence-electron chi connectivity index (χ3n) is 4.09. The highest BCUT2D eigenvalue weighted by Gasteiger charge is 2.15. The summed E-state index contributed by atoms with van der Waals surface area (Å²) in [5.74, 6) is -0.284. The van der Waals surface area contributed by atoms with Gasteiger partial charge in [0, 0.05) is 0 Å². The fourth-order valence-electron chi connectivity index (χ4n) is 2.64. The van der Waals surface area contributed by atoms with Gasteiger partial charge in [-0.15, -0.1) is 0 Å². The van der Waals surface area contributed by atoms with Gasteiger partial charge in [0.2, 0.25) is 0 Å². The zero-order valence-electron chi connectivity index (χ0n) is 14.6. The fourth-order valence-corrected chi connectivity index (χ4v) is 2.64. The number of nitrogens with two attached hydrogens (primary N) is 1. The van der Waals surface area contributed by atoms with Crippen molar-refractivity contribution in [3.05, 3.63) is 35.9 Å². The molecule has 0 aliphatic rings. The normalized spacial score (nSPS) is 12.1. The highest BCUT2D eigenvalue weighted by atomic mass is 16.5. The van der Waals surface area contributed by atoms with Crippen LogP contribution < -0.4 is 5.73 Å². The Bertz CT molecular complexity index is 405. The quantitative estimate of drug-likeness (QED) is 0.426. The molecule has 0 heterocycles. The second kappa shape index (κ2) is 13.1. The van der Waals surface area contributed by atoms with Gasteiger partial charge in [-0.1, -0.05) is 88.6 Å². The van der Waals surface area contributed by atoms with E-state index in [0.717, 1.165) is 18.4 Å². The molecule has 3 heteroatoms. The topological polar surface area (TPSA) is 52.3 Å². The van der Waals surface area contributed by atoms with E-state index in [-0.39, 0.29) is 5.97 Å². The average Bonchev–Trinajstić information content (AvgIpc) is 2.57. The first-order chi connectivity index (χ1) is 11.2. The van der Waals surface area contributed by atoms with Gasteiger partial charge in [-0.3, -0.25) is 4.79 Å². The monoisotopic (exact) mass is 319 g/mol. The Hall–Kier alpha value is -1.35. The minimum absolute atomic E-state index is 0.284. The SMILES string of the molecule is CCCCCCCCCCCOC(=O)[C@@H](N)Cc1ccccc1. The first kappa shape index (κ1) is 19.7. The summed E-state index contributed by atoms with van der Waals surface area (Å²) in [7, 11) is 0. The second-order valence-corrected chi connectivity index (χ2v) is 6.29. The van der Waals surface area contributed by atoms with Crippen molar-refractivity contribution in [1.82, 2.24) is 0 Å². The van der Waals surface area contributed by atoms with Crippen LogP contribution in [0.5, 0.6) is 0 Å². The third kappa shape index (κ3) is 10.1. The summed E-state index contributed by atoms with van der Waals surface area (Å²) in [5, 5.41) is 0. The van der Waals surface area contributed by atoms with Crippen LogP contribution in [0.1, 0.15) is 70.3 Å². The van der Waals surface area contributed by atoms with Crippen LogP contribution in [0.25, 0.3) is 0 Å². The standard InChI is InChI=1S/C20H33NO2/c1-2-3-4-5-6-7-8-9-13-16-23-20(22)19(21)17-18-14-11-10-12-15-18/h10-12,14-15,19H,2-9,13,16-17,21H2,1H3/t19-/m0/s1. The lowest BCUT2D eigenvalue weighted by Crippen LogP contribution is -2.34. The zero-order valence-corrected chi connectivity index (χ0v) is 14.6. The molecule has 3 nitrogen and oxygen atoms in total. The first-order valence-electron chi connectivity index (χ1n) is 9.20. The number of rotatable bonds is 13. The molecule has 0 aliphatic carbocycles. The minimum atomic E-state index is -0.559. The molecular weight excluding hydrogens is 286 g/mol. The number of hydrogen-bond acceptors (Lipinski definition) is 3. The highest BCUT2D eigenvalue weighted by Crippen LogP contribution is 2.10. The summed E-state index contributed by atoms with van der Waals surface area (Å²) < 4.78 is 5.27. The number of esters is 1. The summed E-state index contributed by atoms with van der Waals surface area (Å²) in [6, 6.07) is 9.26. The van der Waals surface area contributed by atoms with E-state index in [4.69, 9.17) is 10.5 Å². The molecule has 1 rings (SSSR count). The van der Waals surface area contributed by atoms with Crippen LogP contribution in [0.3, 0.4) is 0 Å². The molecule has 0 aromatic heterocycles. The predicted octanol–water partition coefficient (Wildman–Crippen LogP) is 4.63. The Kier molecular flexibility index (Phi) is 11.2. The number of unbranched alkanes of at least 4 members (excludes halogenated alkanes) is 8. The van der Waals surface area contributed by atoms with Crippen LogP contribution >= 0.6 is 0 Å². The van der Waals surface area contributed by atoms with Crippen LogP contribution in [-0.4, -0.2) is 18.6 Å². The molecule has 130 valence electrons. The van der Waals surface area contributed by atoms with Gasteiger partial charge in [-0.2, -0.15) is 0 Å². The zero-order chi connectivity index (χ0) is 16.8. The van der Waals surface area contributed by atoms with Crippen molar-refractivity contribution < 1.29 is 9.53 Å². The van der Waals surface area contributed by atoms with E-state index in [2.05, 4.69) is 6.92 Å². The van der Waals surface area contributed by atoms with Crippen LogP contribution in [0.4, 0.5) is 0 Å². The molecule has 1 atom stereocenters. The Labute approximate surface area is 141 Å². The number of carbonyl (C=O) groups is 1. The van der Waals surface area contributed by atoms with E-state index >= 15 is 0 Å². The van der Waals surface area contributed by atoms with Gasteiger partial charge in [-0.25, -0.2) is 0 Å². The van der Waals surface area contributed by atoms with Crippen molar-refractivity contribution >= 4 is 5.97 Å². The van der Waals surface area contributed by atoms with Crippen molar-refractivity contribution in [1.29, 1.82) is 0 Å². The summed E-state index contributed by atoms with van der Waals surface area (Å²) in [6.07, 6.45) is 11.9. The van der Waals surface area contributed by atoms with Gasteiger partial charge in [0.25, 0.3) is 0 Å². The Morgan fingerprint density at radius 3 is 2.13 bits per heavy atom. The van der Waals surface area contributed by atoms with Crippen molar-refractivity contribution in [3.8, 4) is 0 Å². The number of hydrogen-bond donors (Lipinski definition) is 1. The van der Waals surface area contributed by atoms with Gasteiger partial charge in [-0.05, 0) is 18.4 Å². The summed E-state index contributed by atoms with van der Waals surface area (Å²) in [5.41, 5.74) is 6.96. The molecule has 0 fully saturated rings. The van der Waals surface area contributed by atoms with Gasteiger partial charge in [0.15, 0.2) is 0 Å². The largest absolute Gasteiger partial charge is 0.465 e. The van der Waals surface area contributed by atoms with E-state index in [9.17, 15) is 4.79 Å². The van der Waals surface area contributed by atoms with Crippen LogP contribution in [0, 0.1) is 0 Å². The third-order valence-corrected chi connectivity index (χ3v) is 4.09. The van der Waals surface area contributed by atoms with Crippen LogP contribution in [0.15, 0.2) is 30.3 Å². The molecular formula is C20H33NO2. The van der Waals surface area contributed by atoms with E-state index in [1.807, 2.05) is 30.3 Å². The van der Waals surface area contributed by atoms with E-state index in [1.54, 1.807) is 0 Å². The van der Waals surface area contributed by atoms with Gasteiger partial charge in [0.1, 0.15) is 6.04 Å². The number of carbonyl (C=O) groups excluding carboxylic acids is 1. The lowest BCUT2D eigenvalue weighted by atomic mass is 10.1. The molecule has 0 saturated heterocycles. The first-order valence-corrected chi connectivity index (χ1v) is 9.20. The number of ether oxygens (including phenoxy) is 1. The van der Waals surface area contributed by atoms with Gasteiger partial charge < -0.3 is 10.5 Å². The Morgan fingerprint density at radius 2 is 1.52 bits per heavy atom. The molecule has 0 saturated carbocycles. The van der Waals surface area contributed by atoms with Crippen molar-refractivity contribution in [2.75, 3.05) is 6.61 Å². The smallest absolute Gasteiger partial charge is 0.323 e. The fraction of sp³-hybridized carbons (Fsp3) is 0.650. The Balaban J connectivity index is 1.97. The van der Waals surface area contributed by atoms with Gasteiger partial charge >= 0.3 is 5.97 Å². The maximum absolute atomic E-state index is 11.8. The maximum atomic E-state index is 11.8. The molecule has 0 unspecified atom stereocenters. The van der Waals surface area contributed by atoms with Gasteiger partial charge in [0.05, 0.1) is 6.61 Å². The average molecular weight is 319 g/mol. The molecule has 0 radical (unpaired) electrons. The molecule has 23 heavy (non-hydrogen) atoms. The van der Waals surface area contributed by atoms with Crippen LogP contribution in [0.2, 0.25) is 0 Å². The molecule has 1 aromatic carbocycles. The Morgan fingerprint density at radius 1 is 0.957 bits per heavy atom. The van der Waals surface area contributed by atoms with Crippen LogP contribution in [-0.2, 0) is 16.0 Å². The van der Waals surface area contributed by atoms with E-state index < -0.39 is 6.04 Å². The molecule has 2 N–H and O–H groups in total. The predicted molar refractivity (Wildman–Crippen MR) is 96.3 cm³/mol. The van der Waals surface area contributed by atoms with Crippen molar-refractivity contribution in [2.24, 2.45) is 5.73 Å². The molecule has 1 aromatic rings. The molecule has 0 aliphatic heterocycles. The maximum Gasteiger partial charge on any atom is 0.323 e. The molecule has 0 spiro atoms. The number of benzene rings is 1. The molecule has 0 bridgehead atoms. The minimum Gasteiger partial charge on any atom is -0.465 e. The highest BCUT2D eigenvalue weighted by molar-refractivity contribution is 5.75. The summed E-state index contributed by atoms with van der Waals surface area (Å²) >= 11 is 0. The van der Waals surface area contributed by atoms with Crippen molar-refractivity contribution in [2.45, 2.75) is 77.2 Å². The lowest BCUT2D eigenvalue weighted by molar-refractivity contribution is -0.145. The summed E-state index contributed by atoms with van der Waals surface area (Å²) in [6.45, 7) is 2.74. The summed E-state index contributed by atoms with van der Waals surface area (Å²) in [4.78, 5) is 11.8. The van der Waals surface area contributed by atoms with Crippen molar-refractivity contribution in [3.63, 3.8) is 0 Å². The van der Waals surface area contributed by atoms with E-state index in [0.29, 0.717) is 13.0 Å². The molecule has 0 amide bonds. The second-order valence-electron chi connectivity index (χ2n) is 6.29.